The van der Waals surface area contributed by atoms with Gasteiger partial charge in [-0.05, 0) is 18.6 Å². The topological polar surface area (TPSA) is 58.2 Å². The van der Waals surface area contributed by atoms with Crippen molar-refractivity contribution in [1.29, 1.82) is 0 Å². The van der Waals surface area contributed by atoms with E-state index < -0.39 is 0 Å². The molecule has 2 N–H and O–H groups in total. The van der Waals surface area contributed by atoms with Crippen LogP contribution in [0.2, 0.25) is 0 Å². The summed E-state index contributed by atoms with van der Waals surface area (Å²) in [4.78, 5) is 23.5. The van der Waals surface area contributed by atoms with Crippen LogP contribution in [0, 0.1) is 0 Å². The number of carbonyl (C=O) groups excluding carboxylic acids is 2. The fourth-order valence-electron chi connectivity index (χ4n) is 2.75. The number of hydrogen-bond donors (Lipinski definition) is 2. The van der Waals surface area contributed by atoms with Crippen LogP contribution < -0.4 is 10.6 Å². The van der Waals surface area contributed by atoms with Crippen molar-refractivity contribution in [2.75, 3.05) is 13.1 Å². The van der Waals surface area contributed by atoms with Gasteiger partial charge in [0.2, 0.25) is 5.91 Å². The maximum absolute atomic E-state index is 11.8. The predicted octanol–water partition coefficient (Wildman–Crippen LogP) is 4.45. The molecule has 0 spiro atoms. The lowest BCUT2D eigenvalue weighted by atomic mass is 10.1. The molecular weight excluding hydrogens is 312 g/mol. The van der Waals surface area contributed by atoms with Crippen LogP contribution in [0.15, 0.2) is 30.3 Å². The van der Waals surface area contributed by atoms with E-state index in [9.17, 15) is 9.59 Å². The molecule has 0 radical (unpaired) electrons. The molecule has 2 amide bonds. The lowest BCUT2D eigenvalue weighted by molar-refractivity contribution is -0.120. The molecule has 0 bridgehead atoms. The van der Waals surface area contributed by atoms with Gasteiger partial charge in [-0.25, -0.2) is 0 Å². The molecule has 0 atom stereocenters. The summed E-state index contributed by atoms with van der Waals surface area (Å²) in [5.74, 6) is -0.338. The van der Waals surface area contributed by atoms with Crippen molar-refractivity contribution < 1.29 is 9.59 Å². The van der Waals surface area contributed by atoms with Crippen LogP contribution in [0.4, 0.5) is 0 Å². The van der Waals surface area contributed by atoms with Crippen LogP contribution in [0.3, 0.4) is 0 Å². The minimum absolute atomic E-state index is 0.0332. The van der Waals surface area contributed by atoms with Crippen LogP contribution in [-0.4, -0.2) is 24.9 Å². The second kappa shape index (κ2) is 14.5. The zero-order valence-corrected chi connectivity index (χ0v) is 15.7. The Morgan fingerprint density at radius 3 is 1.92 bits per heavy atom. The van der Waals surface area contributed by atoms with Gasteiger partial charge in [-0.1, -0.05) is 82.9 Å². The lowest BCUT2D eigenvalue weighted by Gasteiger charge is -2.07. The lowest BCUT2D eigenvalue weighted by Crippen LogP contribution is -2.37. The van der Waals surface area contributed by atoms with Gasteiger partial charge >= 0.3 is 0 Å². The quantitative estimate of drug-likeness (QED) is 0.489. The van der Waals surface area contributed by atoms with Gasteiger partial charge in [0.1, 0.15) is 0 Å². The Morgan fingerprint density at radius 1 is 0.760 bits per heavy atom. The van der Waals surface area contributed by atoms with E-state index in [2.05, 4.69) is 17.6 Å². The summed E-state index contributed by atoms with van der Waals surface area (Å²) in [5, 5.41) is 5.50. The first-order valence-corrected chi connectivity index (χ1v) is 9.84. The van der Waals surface area contributed by atoms with E-state index in [0.29, 0.717) is 12.1 Å². The van der Waals surface area contributed by atoms with Gasteiger partial charge in [-0.15, -0.1) is 0 Å². The Bertz CT molecular complexity index is 474. The van der Waals surface area contributed by atoms with Gasteiger partial charge in [-0.2, -0.15) is 0 Å². The highest BCUT2D eigenvalue weighted by molar-refractivity contribution is 5.96. The van der Waals surface area contributed by atoms with Crippen molar-refractivity contribution >= 4 is 11.8 Å². The fraction of sp³-hybridized carbons (Fsp3) is 0.619. The van der Waals surface area contributed by atoms with Crippen molar-refractivity contribution in [3.8, 4) is 0 Å². The highest BCUT2D eigenvalue weighted by Crippen LogP contribution is 2.10. The molecule has 0 aliphatic rings. The molecule has 1 aromatic rings. The van der Waals surface area contributed by atoms with Crippen molar-refractivity contribution in [2.24, 2.45) is 0 Å². The highest BCUT2D eigenvalue weighted by Gasteiger charge is 2.06. The van der Waals surface area contributed by atoms with Gasteiger partial charge in [0, 0.05) is 12.1 Å². The summed E-state index contributed by atoms with van der Waals surface area (Å²) in [6, 6.07) is 8.93. The van der Waals surface area contributed by atoms with E-state index in [1.54, 1.807) is 24.3 Å². The summed E-state index contributed by atoms with van der Waals surface area (Å²) in [6.07, 6.45) is 12.8. The van der Waals surface area contributed by atoms with E-state index in [-0.39, 0.29) is 18.4 Å². The van der Waals surface area contributed by atoms with Crippen LogP contribution in [0.5, 0.6) is 0 Å². The molecule has 0 saturated heterocycles. The molecule has 140 valence electrons. The molecule has 0 saturated carbocycles. The van der Waals surface area contributed by atoms with E-state index >= 15 is 0 Å². The molecule has 0 unspecified atom stereocenters. The third kappa shape index (κ3) is 11.4. The molecular formula is C21H34N2O2. The third-order valence-corrected chi connectivity index (χ3v) is 4.30. The summed E-state index contributed by atoms with van der Waals surface area (Å²) in [7, 11) is 0. The average Bonchev–Trinajstić information content (AvgIpc) is 2.65. The first-order chi connectivity index (χ1) is 12.2. The minimum atomic E-state index is -0.213. The van der Waals surface area contributed by atoms with E-state index in [1.165, 1.54) is 51.4 Å². The molecule has 0 heterocycles. The summed E-state index contributed by atoms with van der Waals surface area (Å²) >= 11 is 0. The van der Waals surface area contributed by atoms with Crippen molar-refractivity contribution in [3.63, 3.8) is 0 Å². The smallest absolute Gasteiger partial charge is 0.251 e. The van der Waals surface area contributed by atoms with Crippen molar-refractivity contribution in [1.82, 2.24) is 10.6 Å². The number of benzene rings is 1. The van der Waals surface area contributed by atoms with E-state index in [4.69, 9.17) is 0 Å². The van der Waals surface area contributed by atoms with E-state index in [1.807, 2.05) is 6.07 Å². The Kier molecular flexibility index (Phi) is 12.3. The van der Waals surface area contributed by atoms with Gasteiger partial charge in [0.05, 0.1) is 6.54 Å². The zero-order valence-electron chi connectivity index (χ0n) is 15.7. The molecule has 0 aliphatic heterocycles. The van der Waals surface area contributed by atoms with Gasteiger partial charge < -0.3 is 10.6 Å². The summed E-state index contributed by atoms with van der Waals surface area (Å²) in [5.41, 5.74) is 0.574. The molecule has 4 nitrogen and oxygen atoms in total. The van der Waals surface area contributed by atoms with Gasteiger partial charge in [0.15, 0.2) is 0 Å². The molecule has 0 fully saturated rings. The number of rotatable bonds is 14. The minimum Gasteiger partial charge on any atom is -0.355 e. The predicted molar refractivity (Wildman–Crippen MR) is 104 cm³/mol. The normalized spacial score (nSPS) is 10.4. The third-order valence-electron chi connectivity index (χ3n) is 4.30. The number of unbranched alkanes of at least 4 members (excludes halogenated alkanes) is 9. The molecule has 1 rings (SSSR count). The molecule has 0 aromatic heterocycles. The first-order valence-electron chi connectivity index (χ1n) is 9.84. The van der Waals surface area contributed by atoms with Gasteiger partial charge in [-0.3, -0.25) is 9.59 Å². The average molecular weight is 347 g/mol. The van der Waals surface area contributed by atoms with Crippen LogP contribution in [0.1, 0.15) is 81.5 Å². The largest absolute Gasteiger partial charge is 0.355 e. The molecule has 1 aromatic carbocycles. The van der Waals surface area contributed by atoms with E-state index in [0.717, 1.165) is 12.8 Å². The number of hydrogen-bond acceptors (Lipinski definition) is 2. The fourth-order valence-corrected chi connectivity index (χ4v) is 2.75. The van der Waals surface area contributed by atoms with Crippen molar-refractivity contribution in [3.05, 3.63) is 35.9 Å². The maximum Gasteiger partial charge on any atom is 0.251 e. The van der Waals surface area contributed by atoms with Crippen molar-refractivity contribution in [2.45, 2.75) is 71.1 Å². The molecule has 4 heteroatoms. The molecule has 0 aliphatic carbocycles. The Labute approximate surface area is 152 Å². The number of nitrogens with one attached hydrogen (secondary N) is 2. The SMILES string of the molecule is CCCCCCCCCCCCNC(=O)CNC(=O)c1ccccc1. The highest BCUT2D eigenvalue weighted by atomic mass is 16.2. The zero-order chi connectivity index (χ0) is 18.2. The second-order valence-corrected chi connectivity index (χ2v) is 6.58. The van der Waals surface area contributed by atoms with Gasteiger partial charge in [0.25, 0.3) is 5.91 Å². The number of amides is 2. The molecule has 25 heavy (non-hydrogen) atoms. The standard InChI is InChI=1S/C21H34N2O2/c1-2-3-4-5-6-7-8-9-10-14-17-22-20(24)18-23-21(25)19-15-12-11-13-16-19/h11-13,15-16H,2-10,14,17-18H2,1H3,(H,22,24)(H,23,25). The Balaban J connectivity index is 1.91. The second-order valence-electron chi connectivity index (χ2n) is 6.58. The summed E-state index contributed by atoms with van der Waals surface area (Å²) < 4.78 is 0. The van der Waals surface area contributed by atoms with Crippen LogP contribution in [0.25, 0.3) is 0 Å². The monoisotopic (exact) mass is 346 g/mol. The maximum atomic E-state index is 11.8. The Morgan fingerprint density at radius 2 is 1.32 bits per heavy atom. The van der Waals surface area contributed by atoms with Crippen LogP contribution >= 0.6 is 0 Å². The first kappa shape index (κ1) is 21.2. The summed E-state index contributed by atoms with van der Waals surface area (Å²) in [6.45, 7) is 2.97. The number of carbonyl (C=O) groups is 2. The Hall–Kier alpha value is -1.84. The van der Waals surface area contributed by atoms with Crippen LogP contribution in [-0.2, 0) is 4.79 Å².